The molecular formula is C27H24FN7O2. The largest absolute Gasteiger partial charge is 0.489 e. The maximum absolute atomic E-state index is 14.3. The van der Waals surface area contributed by atoms with Crippen molar-refractivity contribution in [1.29, 1.82) is 0 Å². The number of ether oxygens (including phenoxy) is 2. The Bertz CT molecular complexity index is 1570. The molecule has 6 rings (SSSR count). The summed E-state index contributed by atoms with van der Waals surface area (Å²) in [4.78, 5) is 17.5. The molecule has 5 aromatic rings. The number of nitrogens with one attached hydrogen (secondary N) is 1. The van der Waals surface area contributed by atoms with Gasteiger partial charge in [-0.1, -0.05) is 0 Å². The molecule has 1 aliphatic heterocycles. The van der Waals surface area contributed by atoms with Crippen molar-refractivity contribution in [2.24, 2.45) is 0 Å². The highest BCUT2D eigenvalue weighted by Crippen LogP contribution is 2.34. The van der Waals surface area contributed by atoms with Crippen molar-refractivity contribution in [3.63, 3.8) is 0 Å². The molecule has 0 amide bonds. The van der Waals surface area contributed by atoms with Crippen LogP contribution in [0.3, 0.4) is 0 Å². The van der Waals surface area contributed by atoms with Crippen molar-refractivity contribution in [1.82, 2.24) is 29.7 Å². The van der Waals surface area contributed by atoms with Crippen molar-refractivity contribution in [2.45, 2.75) is 19.4 Å². The molecule has 0 aliphatic carbocycles. The molecule has 37 heavy (non-hydrogen) atoms. The minimum absolute atomic E-state index is 0.216. The van der Waals surface area contributed by atoms with Gasteiger partial charge in [-0.3, -0.25) is 4.40 Å². The van der Waals surface area contributed by atoms with Crippen LogP contribution < -0.4 is 20.5 Å². The molecule has 10 heteroatoms. The average molecular weight is 498 g/mol. The number of nitrogens with two attached hydrogens (primary N) is 1. The van der Waals surface area contributed by atoms with Gasteiger partial charge in [0.15, 0.2) is 0 Å². The van der Waals surface area contributed by atoms with E-state index in [2.05, 4.69) is 20.3 Å². The summed E-state index contributed by atoms with van der Waals surface area (Å²) in [6, 6.07) is 11.7. The molecule has 0 spiro atoms. The highest BCUT2D eigenvalue weighted by Gasteiger charge is 2.26. The Morgan fingerprint density at radius 2 is 1.78 bits per heavy atom. The van der Waals surface area contributed by atoms with Crippen LogP contribution in [0.1, 0.15) is 23.1 Å². The Balaban J connectivity index is 1.22. The average Bonchev–Trinajstić information content (AvgIpc) is 3.23. The molecule has 0 unspecified atom stereocenters. The third kappa shape index (κ3) is 4.66. The van der Waals surface area contributed by atoms with E-state index in [1.165, 1.54) is 12.1 Å². The van der Waals surface area contributed by atoms with Gasteiger partial charge < -0.3 is 20.5 Å². The molecule has 3 N–H and O–H groups in total. The second-order valence-corrected chi connectivity index (χ2v) is 8.88. The van der Waals surface area contributed by atoms with E-state index in [1.54, 1.807) is 24.7 Å². The maximum Gasteiger partial charge on any atom is 0.150 e. The molecule has 186 valence electrons. The van der Waals surface area contributed by atoms with Crippen LogP contribution in [-0.2, 0) is 6.61 Å². The molecule has 0 saturated carbocycles. The first-order valence-corrected chi connectivity index (χ1v) is 11.9. The van der Waals surface area contributed by atoms with Gasteiger partial charge in [0.2, 0.25) is 0 Å². The smallest absolute Gasteiger partial charge is 0.150 e. The molecule has 0 radical (unpaired) electrons. The van der Waals surface area contributed by atoms with Gasteiger partial charge in [0, 0.05) is 73.1 Å². The molecule has 4 heterocycles. The van der Waals surface area contributed by atoms with Gasteiger partial charge in [-0.25, -0.2) is 24.3 Å². The van der Waals surface area contributed by atoms with E-state index in [-0.39, 0.29) is 6.61 Å². The van der Waals surface area contributed by atoms with Gasteiger partial charge in [0.05, 0.1) is 0 Å². The summed E-state index contributed by atoms with van der Waals surface area (Å²) in [7, 11) is 0. The van der Waals surface area contributed by atoms with Gasteiger partial charge >= 0.3 is 0 Å². The third-order valence-electron chi connectivity index (χ3n) is 6.21. The lowest BCUT2D eigenvalue weighted by atomic mass is 10.0. The molecule has 0 atom stereocenters. The zero-order chi connectivity index (χ0) is 25.4. The van der Waals surface area contributed by atoms with Crippen molar-refractivity contribution in [2.75, 3.05) is 18.8 Å². The quantitative estimate of drug-likeness (QED) is 0.343. The van der Waals surface area contributed by atoms with Crippen molar-refractivity contribution in [3.05, 3.63) is 90.3 Å². The van der Waals surface area contributed by atoms with E-state index in [4.69, 9.17) is 20.2 Å². The number of benzene rings is 2. The van der Waals surface area contributed by atoms with Crippen molar-refractivity contribution >= 4 is 11.3 Å². The van der Waals surface area contributed by atoms with Crippen LogP contribution in [0.2, 0.25) is 0 Å². The van der Waals surface area contributed by atoms with Crippen LogP contribution in [0.15, 0.2) is 67.3 Å². The van der Waals surface area contributed by atoms with E-state index in [1.807, 2.05) is 41.8 Å². The fourth-order valence-electron chi connectivity index (χ4n) is 4.20. The number of anilines is 1. The fraction of sp³-hybridized carbons (Fsp3) is 0.185. The number of aryl methyl sites for hydroxylation is 1. The lowest BCUT2D eigenvalue weighted by Gasteiger charge is -2.25. The summed E-state index contributed by atoms with van der Waals surface area (Å²) < 4.78 is 27.9. The number of rotatable bonds is 7. The minimum atomic E-state index is -0.463. The highest BCUT2D eigenvalue weighted by molar-refractivity contribution is 5.85. The first kappa shape index (κ1) is 22.9. The molecule has 3 aromatic heterocycles. The van der Waals surface area contributed by atoms with Crippen molar-refractivity contribution < 1.29 is 13.9 Å². The SMILES string of the molecule is Cc1ncc(COc2cc(F)cc(Oc3ccc(-c4nc(C5CNC5)n5ccnc(N)c45)cc3)c2)cn1. The number of hydrogen-bond donors (Lipinski definition) is 2. The summed E-state index contributed by atoms with van der Waals surface area (Å²) in [5.74, 6) is 3.14. The zero-order valence-corrected chi connectivity index (χ0v) is 20.1. The molecule has 0 bridgehead atoms. The minimum Gasteiger partial charge on any atom is -0.489 e. The first-order valence-electron chi connectivity index (χ1n) is 11.9. The number of imidazole rings is 1. The molecule has 2 aromatic carbocycles. The normalized spacial score (nSPS) is 13.5. The van der Waals surface area contributed by atoms with E-state index < -0.39 is 5.82 Å². The summed E-state index contributed by atoms with van der Waals surface area (Å²) in [5.41, 5.74) is 9.44. The fourth-order valence-corrected chi connectivity index (χ4v) is 4.20. The first-order chi connectivity index (χ1) is 18.0. The van der Waals surface area contributed by atoms with E-state index in [9.17, 15) is 4.39 Å². The number of hydrogen-bond acceptors (Lipinski definition) is 8. The zero-order valence-electron chi connectivity index (χ0n) is 20.1. The Labute approximate surface area is 212 Å². The Morgan fingerprint density at radius 1 is 1.03 bits per heavy atom. The molecular weight excluding hydrogens is 473 g/mol. The second-order valence-electron chi connectivity index (χ2n) is 8.88. The van der Waals surface area contributed by atoms with Gasteiger partial charge in [-0.15, -0.1) is 0 Å². The van der Waals surface area contributed by atoms with Crippen molar-refractivity contribution in [3.8, 4) is 28.5 Å². The summed E-state index contributed by atoms with van der Waals surface area (Å²) in [6.45, 7) is 3.78. The molecule has 1 saturated heterocycles. The van der Waals surface area contributed by atoms with E-state index in [0.29, 0.717) is 34.8 Å². The molecule has 9 nitrogen and oxygen atoms in total. The summed E-state index contributed by atoms with van der Waals surface area (Å²) in [6.07, 6.45) is 6.94. The Kier molecular flexibility index (Phi) is 5.85. The van der Waals surface area contributed by atoms with Gasteiger partial charge in [-0.2, -0.15) is 0 Å². The molecule has 1 aliphatic rings. The van der Waals surface area contributed by atoms with Crippen LogP contribution in [0.5, 0.6) is 17.2 Å². The number of nitrogen functional groups attached to an aromatic ring is 1. The summed E-state index contributed by atoms with van der Waals surface area (Å²) in [5, 5.41) is 3.29. The van der Waals surface area contributed by atoms with Crippen LogP contribution in [-0.4, -0.2) is 37.4 Å². The number of fused-ring (bicyclic) bond motifs is 1. The van der Waals surface area contributed by atoms with E-state index in [0.717, 1.165) is 41.3 Å². The highest BCUT2D eigenvalue weighted by atomic mass is 19.1. The van der Waals surface area contributed by atoms with Crippen LogP contribution in [0.4, 0.5) is 10.2 Å². The van der Waals surface area contributed by atoms with Gasteiger partial charge in [0.25, 0.3) is 0 Å². The van der Waals surface area contributed by atoms with Crippen LogP contribution in [0.25, 0.3) is 16.8 Å². The monoisotopic (exact) mass is 497 g/mol. The number of aromatic nitrogens is 5. The lowest BCUT2D eigenvalue weighted by Crippen LogP contribution is -2.40. The lowest BCUT2D eigenvalue weighted by molar-refractivity contribution is 0.301. The van der Waals surface area contributed by atoms with E-state index >= 15 is 0 Å². The topological polar surface area (TPSA) is 112 Å². The van der Waals surface area contributed by atoms with Gasteiger partial charge in [-0.05, 0) is 31.2 Å². The maximum atomic E-state index is 14.3. The number of nitrogens with zero attached hydrogens (tertiary/aromatic N) is 5. The Morgan fingerprint density at radius 3 is 2.51 bits per heavy atom. The number of halogens is 1. The van der Waals surface area contributed by atoms with Crippen LogP contribution >= 0.6 is 0 Å². The van der Waals surface area contributed by atoms with Crippen LogP contribution in [0, 0.1) is 12.7 Å². The Hall–Kier alpha value is -4.57. The predicted molar refractivity (Wildman–Crippen MR) is 136 cm³/mol. The predicted octanol–water partition coefficient (Wildman–Crippen LogP) is 4.27. The second kappa shape index (κ2) is 9.47. The van der Waals surface area contributed by atoms with Gasteiger partial charge in [0.1, 0.15) is 58.3 Å². The molecule has 1 fully saturated rings. The standard InChI is InChI=1S/C27H24FN7O2/c1-16-32-11-17(12-33-16)15-36-22-8-20(28)9-23(10-22)37-21-4-2-18(3-5-21)24-25-26(29)31-6-7-35(25)27(34-24)19-13-30-14-19/h2-12,19,30H,13-15H2,1H3,(H2,29,31). The summed E-state index contributed by atoms with van der Waals surface area (Å²) >= 11 is 0. The third-order valence-corrected chi connectivity index (χ3v) is 6.21.